The van der Waals surface area contributed by atoms with Crippen LogP contribution in [0, 0.1) is 0 Å². The molecular formula is C21H27NO9. The predicted octanol–water partition coefficient (Wildman–Crippen LogP) is 1.25. The normalized spacial score (nSPS) is 18.3. The van der Waals surface area contributed by atoms with Crippen molar-refractivity contribution in [2.24, 2.45) is 0 Å². The van der Waals surface area contributed by atoms with Crippen molar-refractivity contribution in [1.82, 2.24) is 4.57 Å². The lowest BCUT2D eigenvalue weighted by Gasteiger charge is -2.33. The van der Waals surface area contributed by atoms with Crippen molar-refractivity contribution in [3.05, 3.63) is 33.2 Å². The second-order valence-electron chi connectivity index (χ2n) is 7.35. The second-order valence-corrected chi connectivity index (χ2v) is 7.35. The fourth-order valence-corrected chi connectivity index (χ4v) is 4.14. The molecule has 1 saturated heterocycles. The Bertz CT molecular complexity index is 945. The summed E-state index contributed by atoms with van der Waals surface area (Å²) in [5.41, 5.74) is -1.81. The van der Waals surface area contributed by atoms with Gasteiger partial charge < -0.3 is 28.3 Å². The number of aromatic nitrogens is 1. The number of nitrogens with zero attached hydrogens (tertiary/aromatic N) is 1. The van der Waals surface area contributed by atoms with E-state index in [1.165, 1.54) is 18.4 Å². The molecule has 2 aliphatic rings. The van der Waals surface area contributed by atoms with Gasteiger partial charge in [0.15, 0.2) is 0 Å². The lowest BCUT2D eigenvalue weighted by atomic mass is 9.86. The van der Waals surface area contributed by atoms with Gasteiger partial charge in [0, 0.05) is 32.4 Å². The molecule has 0 aromatic carbocycles. The average Bonchev–Trinajstić information content (AvgIpc) is 3.33. The van der Waals surface area contributed by atoms with Crippen molar-refractivity contribution in [1.29, 1.82) is 0 Å². The van der Waals surface area contributed by atoms with E-state index in [0.717, 1.165) is 0 Å². The van der Waals surface area contributed by atoms with Gasteiger partial charge in [0.2, 0.25) is 11.4 Å². The summed E-state index contributed by atoms with van der Waals surface area (Å²) in [6.45, 7) is 6.34. The van der Waals surface area contributed by atoms with Gasteiger partial charge in [-0.2, -0.15) is 0 Å². The Labute approximate surface area is 179 Å². The number of hydrogen-bond donors (Lipinski definition) is 0. The van der Waals surface area contributed by atoms with E-state index < -0.39 is 34.9 Å². The third-order valence-electron chi connectivity index (χ3n) is 5.48. The number of esters is 3. The SMILES string of the molecule is CCOC(=O)[C@@](CC)(OC(C)=O)c1cc2n(c(=O)c1COC(C)=O)CCC21OCCO1. The van der Waals surface area contributed by atoms with E-state index in [0.29, 0.717) is 31.9 Å². The van der Waals surface area contributed by atoms with Gasteiger partial charge in [-0.25, -0.2) is 4.79 Å². The molecule has 0 radical (unpaired) electrons. The quantitative estimate of drug-likeness (QED) is 0.458. The Morgan fingerprint density at radius 1 is 1.13 bits per heavy atom. The molecule has 1 fully saturated rings. The van der Waals surface area contributed by atoms with Crippen molar-refractivity contribution in [3.63, 3.8) is 0 Å². The molecule has 1 aromatic heterocycles. The Balaban J connectivity index is 2.29. The van der Waals surface area contributed by atoms with Gasteiger partial charge in [-0.05, 0) is 19.4 Å². The monoisotopic (exact) mass is 437 g/mol. The summed E-state index contributed by atoms with van der Waals surface area (Å²) in [6, 6.07) is 1.57. The topological polar surface area (TPSA) is 119 Å². The largest absolute Gasteiger partial charge is 0.463 e. The first-order chi connectivity index (χ1) is 14.7. The van der Waals surface area contributed by atoms with Gasteiger partial charge in [0.25, 0.3) is 5.56 Å². The average molecular weight is 437 g/mol. The van der Waals surface area contributed by atoms with Crippen LogP contribution in [0.5, 0.6) is 0 Å². The molecule has 1 atom stereocenters. The van der Waals surface area contributed by atoms with Crippen LogP contribution in [0.25, 0.3) is 0 Å². The summed E-state index contributed by atoms with van der Waals surface area (Å²) in [5.74, 6) is -3.25. The van der Waals surface area contributed by atoms with E-state index >= 15 is 0 Å². The van der Waals surface area contributed by atoms with Gasteiger partial charge in [-0.15, -0.1) is 0 Å². The first-order valence-corrected chi connectivity index (χ1v) is 10.3. The highest BCUT2D eigenvalue weighted by molar-refractivity contribution is 5.85. The minimum Gasteiger partial charge on any atom is -0.463 e. The smallest absolute Gasteiger partial charge is 0.355 e. The first kappa shape index (κ1) is 23.0. The molecule has 0 amide bonds. The highest BCUT2D eigenvalue weighted by atomic mass is 16.7. The number of hydrogen-bond acceptors (Lipinski definition) is 9. The summed E-state index contributed by atoms with van der Waals surface area (Å²) in [5, 5.41) is 0. The van der Waals surface area contributed by atoms with Crippen molar-refractivity contribution in [2.75, 3.05) is 19.8 Å². The number of rotatable bonds is 7. The zero-order chi connectivity index (χ0) is 22.8. The Morgan fingerprint density at radius 3 is 2.35 bits per heavy atom. The van der Waals surface area contributed by atoms with Gasteiger partial charge in [-0.3, -0.25) is 14.4 Å². The van der Waals surface area contributed by atoms with E-state index in [4.69, 9.17) is 23.7 Å². The fraction of sp³-hybridized carbons (Fsp3) is 0.619. The molecule has 0 N–H and O–H groups in total. The van der Waals surface area contributed by atoms with Gasteiger partial charge in [0.05, 0.1) is 31.1 Å². The van der Waals surface area contributed by atoms with Gasteiger partial charge in [-0.1, -0.05) is 6.92 Å². The number of carbonyl (C=O) groups excluding carboxylic acids is 3. The zero-order valence-corrected chi connectivity index (χ0v) is 18.1. The van der Waals surface area contributed by atoms with Crippen LogP contribution in [-0.2, 0) is 62.6 Å². The lowest BCUT2D eigenvalue weighted by Crippen LogP contribution is -2.44. The molecule has 10 nitrogen and oxygen atoms in total. The molecule has 0 bridgehead atoms. The number of ether oxygens (including phenoxy) is 5. The Morgan fingerprint density at radius 2 is 1.81 bits per heavy atom. The van der Waals surface area contributed by atoms with E-state index in [9.17, 15) is 19.2 Å². The van der Waals surface area contributed by atoms with Crippen molar-refractivity contribution < 1.29 is 38.1 Å². The summed E-state index contributed by atoms with van der Waals surface area (Å²) >= 11 is 0. The van der Waals surface area contributed by atoms with Crippen LogP contribution < -0.4 is 5.56 Å². The zero-order valence-electron chi connectivity index (χ0n) is 18.1. The van der Waals surface area contributed by atoms with E-state index in [2.05, 4.69) is 0 Å². The minimum absolute atomic E-state index is 0.00388. The van der Waals surface area contributed by atoms with Gasteiger partial charge >= 0.3 is 17.9 Å². The van der Waals surface area contributed by atoms with Crippen molar-refractivity contribution >= 4 is 17.9 Å². The molecule has 3 heterocycles. The van der Waals surface area contributed by atoms with E-state index in [1.54, 1.807) is 19.9 Å². The molecule has 0 aliphatic carbocycles. The Hall–Kier alpha value is -2.72. The molecule has 0 saturated carbocycles. The molecule has 0 unspecified atom stereocenters. The van der Waals surface area contributed by atoms with E-state index in [-0.39, 0.29) is 30.8 Å². The van der Waals surface area contributed by atoms with Crippen LogP contribution in [0.4, 0.5) is 0 Å². The van der Waals surface area contributed by atoms with Crippen LogP contribution in [0.2, 0.25) is 0 Å². The third-order valence-corrected chi connectivity index (χ3v) is 5.48. The molecule has 170 valence electrons. The summed E-state index contributed by atoms with van der Waals surface area (Å²) < 4.78 is 29.0. The third kappa shape index (κ3) is 3.97. The molecule has 10 heteroatoms. The van der Waals surface area contributed by atoms with E-state index in [1.807, 2.05) is 0 Å². The standard InChI is InChI=1S/C21H27NO9/c1-5-20(31-14(4)24,19(26)27-6-2)16-11-17-21(29-9-10-30-21)7-8-22(17)18(25)15(16)12-28-13(3)23/h11H,5-10,12H2,1-4H3/t20-/m0/s1. The Kier molecular flexibility index (Phi) is 6.51. The lowest BCUT2D eigenvalue weighted by molar-refractivity contribution is -0.184. The molecule has 31 heavy (non-hydrogen) atoms. The van der Waals surface area contributed by atoms with Crippen LogP contribution in [0.1, 0.15) is 57.4 Å². The van der Waals surface area contributed by atoms with Crippen molar-refractivity contribution in [3.8, 4) is 0 Å². The second kappa shape index (κ2) is 8.80. The predicted molar refractivity (Wildman–Crippen MR) is 105 cm³/mol. The molecular weight excluding hydrogens is 410 g/mol. The number of fused-ring (bicyclic) bond motifs is 2. The summed E-state index contributed by atoms with van der Waals surface area (Å²) in [4.78, 5) is 50.0. The maximum absolute atomic E-state index is 13.4. The number of pyridine rings is 1. The minimum atomic E-state index is -1.89. The maximum atomic E-state index is 13.4. The molecule has 1 aromatic rings. The maximum Gasteiger partial charge on any atom is 0.355 e. The summed E-state index contributed by atoms with van der Waals surface area (Å²) in [6.07, 6.45) is 0.404. The highest BCUT2D eigenvalue weighted by Gasteiger charge is 2.51. The van der Waals surface area contributed by atoms with Crippen LogP contribution >= 0.6 is 0 Å². The molecule has 1 spiro atoms. The molecule has 2 aliphatic heterocycles. The molecule has 3 rings (SSSR count). The van der Waals surface area contributed by atoms with Crippen LogP contribution in [0.15, 0.2) is 10.9 Å². The first-order valence-electron chi connectivity index (χ1n) is 10.3. The summed E-state index contributed by atoms with van der Waals surface area (Å²) in [7, 11) is 0. The van der Waals surface area contributed by atoms with Crippen molar-refractivity contribution in [2.45, 2.75) is 65.1 Å². The van der Waals surface area contributed by atoms with Crippen LogP contribution in [-0.4, -0.2) is 42.3 Å². The van der Waals surface area contributed by atoms with Crippen LogP contribution in [0.3, 0.4) is 0 Å². The fourth-order valence-electron chi connectivity index (χ4n) is 4.14. The number of carbonyl (C=O) groups is 3. The van der Waals surface area contributed by atoms with Gasteiger partial charge in [0.1, 0.15) is 6.61 Å². The highest BCUT2D eigenvalue weighted by Crippen LogP contribution is 2.42.